The maximum absolute atomic E-state index is 12.4. The average Bonchev–Trinajstić information content (AvgIpc) is 3.04. The predicted octanol–water partition coefficient (Wildman–Crippen LogP) is 6.26. The van der Waals surface area contributed by atoms with Gasteiger partial charge in [-0.05, 0) is 52.8 Å². The highest BCUT2D eigenvalue weighted by Gasteiger charge is 2.26. The number of carbonyl (C=O) groups excluding carboxylic acids is 1. The summed E-state index contributed by atoms with van der Waals surface area (Å²) < 4.78 is 6.51. The quantitative estimate of drug-likeness (QED) is 0.350. The van der Waals surface area contributed by atoms with Crippen molar-refractivity contribution in [3.8, 4) is 5.75 Å². The number of halogens is 1. The average molecular weight is 471 g/mol. The highest BCUT2D eigenvalue weighted by atomic mass is 79.9. The largest absolute Gasteiger partial charge is 0.507 e. The van der Waals surface area contributed by atoms with Crippen molar-refractivity contribution in [2.75, 3.05) is 0 Å². The summed E-state index contributed by atoms with van der Waals surface area (Å²) in [5.74, 6) is 0.0748. The molecule has 0 fully saturated rings. The Kier molecular flexibility index (Phi) is 5.83. The normalized spacial score (nSPS) is 12.6. The van der Waals surface area contributed by atoms with Crippen molar-refractivity contribution in [1.29, 1.82) is 0 Å². The molecule has 0 bridgehead atoms. The van der Waals surface area contributed by atoms with Crippen molar-refractivity contribution in [1.82, 2.24) is 5.43 Å². The van der Waals surface area contributed by atoms with Crippen LogP contribution in [0.2, 0.25) is 0 Å². The summed E-state index contributed by atoms with van der Waals surface area (Å²) in [7, 11) is 0. The predicted molar refractivity (Wildman–Crippen MR) is 124 cm³/mol. The lowest BCUT2D eigenvalue weighted by molar-refractivity contribution is 0.0929. The standard InChI is InChI=1S/C24H27BrN2O3/c1-23(2,3)17-9-14(10-18(21(17)28)24(4,5)6)13-26-27-22(29)20-12-15-11-16(25)7-8-19(15)30-20/h7-13,28H,1-6H3,(H,27,29)/b26-13-. The fourth-order valence-electron chi connectivity index (χ4n) is 3.22. The minimum absolute atomic E-state index is 0.191. The Balaban J connectivity index is 1.86. The summed E-state index contributed by atoms with van der Waals surface area (Å²) in [6.45, 7) is 12.3. The summed E-state index contributed by atoms with van der Waals surface area (Å²) in [6.07, 6.45) is 1.58. The molecule has 5 nitrogen and oxygen atoms in total. The van der Waals surface area contributed by atoms with Crippen LogP contribution in [0.4, 0.5) is 0 Å². The van der Waals surface area contributed by atoms with Gasteiger partial charge in [0.1, 0.15) is 11.3 Å². The number of phenolic OH excluding ortho intramolecular Hbond substituents is 1. The zero-order valence-corrected chi connectivity index (χ0v) is 19.7. The van der Waals surface area contributed by atoms with Crippen molar-refractivity contribution in [3.63, 3.8) is 0 Å². The van der Waals surface area contributed by atoms with Gasteiger partial charge >= 0.3 is 5.91 Å². The number of furan rings is 1. The van der Waals surface area contributed by atoms with Crippen LogP contribution in [-0.2, 0) is 10.8 Å². The third-order valence-corrected chi connectivity index (χ3v) is 5.32. The SMILES string of the molecule is CC(C)(C)c1cc(/C=N\NC(=O)c2cc3cc(Br)ccc3o2)cc(C(C)(C)C)c1O. The van der Waals surface area contributed by atoms with Gasteiger partial charge in [0.25, 0.3) is 0 Å². The molecule has 2 aromatic carbocycles. The fraction of sp³-hybridized carbons (Fsp3) is 0.333. The van der Waals surface area contributed by atoms with E-state index >= 15 is 0 Å². The first-order valence-corrected chi connectivity index (χ1v) is 10.6. The van der Waals surface area contributed by atoms with Gasteiger partial charge in [-0.15, -0.1) is 0 Å². The van der Waals surface area contributed by atoms with Crippen molar-refractivity contribution in [2.45, 2.75) is 52.4 Å². The van der Waals surface area contributed by atoms with Crippen LogP contribution in [0.15, 0.2) is 50.4 Å². The summed E-state index contributed by atoms with van der Waals surface area (Å²) >= 11 is 3.41. The second-order valence-corrected chi connectivity index (χ2v) is 10.4. The molecule has 0 unspecified atom stereocenters. The van der Waals surface area contributed by atoms with Gasteiger partial charge in [-0.25, -0.2) is 5.43 Å². The molecule has 0 aliphatic rings. The third kappa shape index (κ3) is 4.75. The number of fused-ring (bicyclic) bond motifs is 1. The number of nitrogens with one attached hydrogen (secondary N) is 1. The van der Waals surface area contributed by atoms with Gasteiger partial charge in [0.15, 0.2) is 5.76 Å². The Morgan fingerprint density at radius 2 is 1.63 bits per heavy atom. The van der Waals surface area contributed by atoms with Gasteiger partial charge in [-0.3, -0.25) is 4.79 Å². The zero-order valence-electron chi connectivity index (χ0n) is 18.1. The van der Waals surface area contributed by atoms with Crippen molar-refractivity contribution in [3.05, 3.63) is 63.3 Å². The van der Waals surface area contributed by atoms with Gasteiger partial charge in [-0.1, -0.05) is 57.5 Å². The van der Waals surface area contributed by atoms with E-state index < -0.39 is 5.91 Å². The third-order valence-electron chi connectivity index (χ3n) is 4.83. The van der Waals surface area contributed by atoms with Crippen LogP contribution in [0.5, 0.6) is 5.75 Å². The van der Waals surface area contributed by atoms with Crippen LogP contribution < -0.4 is 5.43 Å². The van der Waals surface area contributed by atoms with Gasteiger partial charge in [0, 0.05) is 21.0 Å². The van der Waals surface area contributed by atoms with Gasteiger partial charge < -0.3 is 9.52 Å². The molecule has 1 aromatic heterocycles. The highest BCUT2D eigenvalue weighted by molar-refractivity contribution is 9.10. The molecule has 0 aliphatic carbocycles. The summed E-state index contributed by atoms with van der Waals surface area (Å²) in [4.78, 5) is 12.4. The lowest BCUT2D eigenvalue weighted by atomic mass is 9.78. The van der Waals surface area contributed by atoms with E-state index in [0.717, 1.165) is 26.5 Å². The molecule has 6 heteroatoms. The van der Waals surface area contributed by atoms with E-state index in [-0.39, 0.29) is 16.6 Å². The number of phenols is 1. The Labute approximate surface area is 185 Å². The summed E-state index contributed by atoms with van der Waals surface area (Å²) in [5, 5.41) is 15.7. The van der Waals surface area contributed by atoms with Crippen LogP contribution in [0.25, 0.3) is 11.0 Å². The molecule has 1 amide bonds. The van der Waals surface area contributed by atoms with E-state index in [9.17, 15) is 9.90 Å². The molecule has 1 heterocycles. The molecule has 0 atom stereocenters. The number of rotatable bonds is 3. The molecule has 3 rings (SSSR count). The summed E-state index contributed by atoms with van der Waals surface area (Å²) in [5.41, 5.74) is 5.16. The monoisotopic (exact) mass is 470 g/mol. The smallest absolute Gasteiger partial charge is 0.307 e. The van der Waals surface area contributed by atoms with E-state index in [1.165, 1.54) is 0 Å². The first kappa shape index (κ1) is 22.1. The second-order valence-electron chi connectivity index (χ2n) is 9.46. The number of benzene rings is 2. The second kappa shape index (κ2) is 7.91. The Morgan fingerprint density at radius 1 is 1.03 bits per heavy atom. The van der Waals surface area contributed by atoms with Crippen LogP contribution in [-0.4, -0.2) is 17.2 Å². The number of hydrogen-bond acceptors (Lipinski definition) is 4. The van der Waals surface area contributed by atoms with Crippen LogP contribution >= 0.6 is 15.9 Å². The first-order valence-electron chi connectivity index (χ1n) is 9.77. The minimum Gasteiger partial charge on any atom is -0.507 e. The van der Waals surface area contributed by atoms with E-state index in [0.29, 0.717) is 11.3 Å². The first-order chi connectivity index (χ1) is 13.9. The zero-order chi connectivity index (χ0) is 22.3. The molecule has 0 radical (unpaired) electrons. The number of nitrogens with zero attached hydrogens (tertiary/aromatic N) is 1. The van der Waals surface area contributed by atoms with Crippen LogP contribution in [0, 0.1) is 0 Å². The van der Waals surface area contributed by atoms with Crippen molar-refractivity contribution in [2.24, 2.45) is 5.10 Å². The number of amides is 1. The number of hydrazone groups is 1. The molecule has 158 valence electrons. The van der Waals surface area contributed by atoms with Crippen molar-refractivity contribution >= 4 is 39.0 Å². The molecule has 3 aromatic rings. The number of carbonyl (C=O) groups is 1. The van der Waals surface area contributed by atoms with E-state index in [4.69, 9.17) is 4.42 Å². The molecule has 0 aliphatic heterocycles. The minimum atomic E-state index is -0.426. The molecular formula is C24H27BrN2O3. The Bertz CT molecular complexity index is 1100. The van der Waals surface area contributed by atoms with E-state index in [1.807, 2.05) is 24.3 Å². The number of aromatic hydroxyl groups is 1. The molecular weight excluding hydrogens is 444 g/mol. The topological polar surface area (TPSA) is 74.8 Å². The van der Waals surface area contributed by atoms with Crippen molar-refractivity contribution < 1.29 is 14.3 Å². The highest BCUT2D eigenvalue weighted by Crippen LogP contribution is 2.39. The van der Waals surface area contributed by atoms with Crippen LogP contribution in [0.1, 0.15) is 68.8 Å². The molecule has 2 N–H and O–H groups in total. The summed E-state index contributed by atoms with van der Waals surface area (Å²) in [6, 6.07) is 11.0. The molecule has 0 saturated carbocycles. The lowest BCUT2D eigenvalue weighted by Crippen LogP contribution is -2.19. The van der Waals surface area contributed by atoms with Gasteiger partial charge in [0.05, 0.1) is 6.21 Å². The molecule has 0 saturated heterocycles. The maximum atomic E-state index is 12.4. The molecule has 30 heavy (non-hydrogen) atoms. The van der Waals surface area contributed by atoms with Gasteiger partial charge in [0.2, 0.25) is 0 Å². The van der Waals surface area contributed by atoms with E-state index in [1.54, 1.807) is 18.3 Å². The van der Waals surface area contributed by atoms with Crippen LogP contribution in [0.3, 0.4) is 0 Å². The lowest BCUT2D eigenvalue weighted by Gasteiger charge is -2.27. The molecule has 0 spiro atoms. The Morgan fingerprint density at radius 3 is 2.20 bits per heavy atom. The maximum Gasteiger partial charge on any atom is 0.307 e. The number of hydrogen-bond donors (Lipinski definition) is 2. The Hall–Kier alpha value is -2.60. The van der Waals surface area contributed by atoms with E-state index in [2.05, 4.69) is 68.0 Å². The fourth-order valence-corrected chi connectivity index (χ4v) is 3.60. The van der Waals surface area contributed by atoms with Gasteiger partial charge in [-0.2, -0.15) is 5.10 Å².